The van der Waals surface area contributed by atoms with Crippen LogP contribution >= 0.6 is 0 Å². The van der Waals surface area contributed by atoms with E-state index in [1.807, 2.05) is 13.8 Å². The molecule has 2 aliphatic rings. The molecule has 2 rings (SSSR count). The molecule has 0 saturated heterocycles. The van der Waals surface area contributed by atoms with Crippen molar-refractivity contribution in [3.63, 3.8) is 0 Å². The Bertz CT molecular complexity index is 494. The molecule has 0 bridgehead atoms. The Hall–Kier alpha value is -1.64. The van der Waals surface area contributed by atoms with E-state index in [1.165, 1.54) is 0 Å². The molecule has 0 radical (unpaired) electrons. The first kappa shape index (κ1) is 12.8. The average Bonchev–Trinajstić information content (AvgIpc) is 2.48. The van der Waals surface area contributed by atoms with Gasteiger partial charge in [0, 0.05) is 17.1 Å². The zero-order valence-electron chi connectivity index (χ0n) is 10.8. The molecule has 0 aromatic carbocycles. The Balaban J connectivity index is 2.30. The van der Waals surface area contributed by atoms with E-state index in [2.05, 4.69) is 6.58 Å². The van der Waals surface area contributed by atoms with Crippen LogP contribution in [-0.2, 0) is 9.59 Å². The van der Waals surface area contributed by atoms with Gasteiger partial charge in [-0.05, 0) is 45.1 Å². The highest BCUT2D eigenvalue weighted by Gasteiger charge is 2.35. The number of ketones is 1. The van der Waals surface area contributed by atoms with Gasteiger partial charge in [0.25, 0.3) is 0 Å². The number of carboxylic acid groups (broad SMARTS) is 1. The van der Waals surface area contributed by atoms with Gasteiger partial charge in [0.2, 0.25) is 0 Å². The van der Waals surface area contributed by atoms with E-state index >= 15 is 0 Å². The van der Waals surface area contributed by atoms with Crippen molar-refractivity contribution < 1.29 is 14.7 Å². The summed E-state index contributed by atoms with van der Waals surface area (Å²) in [6.07, 6.45) is 3.95. The molecule has 0 fully saturated rings. The summed E-state index contributed by atoms with van der Waals surface area (Å²) in [5.74, 6) is -0.751. The summed E-state index contributed by atoms with van der Waals surface area (Å²) in [6.45, 7) is 7.62. The predicted octanol–water partition coefficient (Wildman–Crippen LogP) is 2.89. The number of hydrogen-bond acceptors (Lipinski definition) is 2. The Morgan fingerprint density at radius 3 is 2.72 bits per heavy atom. The minimum Gasteiger partial charge on any atom is -0.478 e. The molecule has 2 aliphatic carbocycles. The van der Waals surface area contributed by atoms with Crippen LogP contribution in [0.5, 0.6) is 0 Å². The summed E-state index contributed by atoms with van der Waals surface area (Å²) in [7, 11) is 0. The second kappa shape index (κ2) is 4.56. The third-order valence-corrected chi connectivity index (χ3v) is 4.14. The van der Waals surface area contributed by atoms with Crippen molar-refractivity contribution in [3.8, 4) is 0 Å². The summed E-state index contributed by atoms with van der Waals surface area (Å²) in [6, 6.07) is 0. The predicted molar refractivity (Wildman–Crippen MR) is 69.1 cm³/mol. The van der Waals surface area contributed by atoms with Gasteiger partial charge in [-0.15, -0.1) is 0 Å². The van der Waals surface area contributed by atoms with Gasteiger partial charge in [0.15, 0.2) is 5.78 Å². The second-order valence-corrected chi connectivity index (χ2v) is 5.30. The van der Waals surface area contributed by atoms with E-state index in [0.717, 1.165) is 29.6 Å². The largest absolute Gasteiger partial charge is 0.478 e. The maximum absolute atomic E-state index is 11.9. The lowest BCUT2D eigenvalue weighted by Crippen LogP contribution is -2.15. The molecule has 1 N–H and O–H groups in total. The van der Waals surface area contributed by atoms with Crippen molar-refractivity contribution in [2.45, 2.75) is 33.1 Å². The number of allylic oxidation sites excluding steroid dienone is 4. The maximum atomic E-state index is 11.9. The first-order valence-electron chi connectivity index (χ1n) is 6.26. The van der Waals surface area contributed by atoms with Crippen LogP contribution < -0.4 is 0 Å². The fraction of sp³-hybridized carbons (Fsp3) is 0.467. The van der Waals surface area contributed by atoms with Gasteiger partial charge in [-0.2, -0.15) is 0 Å². The lowest BCUT2D eigenvalue weighted by atomic mass is 9.84. The topological polar surface area (TPSA) is 54.4 Å². The maximum Gasteiger partial charge on any atom is 0.331 e. The van der Waals surface area contributed by atoms with Crippen molar-refractivity contribution in [3.05, 3.63) is 34.9 Å². The lowest BCUT2D eigenvalue weighted by molar-refractivity contribution is -0.133. The number of rotatable bonds is 2. The van der Waals surface area contributed by atoms with E-state index in [0.29, 0.717) is 6.42 Å². The average molecular weight is 246 g/mol. The van der Waals surface area contributed by atoms with Crippen molar-refractivity contribution in [2.75, 3.05) is 0 Å². The van der Waals surface area contributed by atoms with Crippen LogP contribution in [0.3, 0.4) is 0 Å². The molecule has 3 heteroatoms. The molecule has 0 aliphatic heterocycles. The molecule has 96 valence electrons. The van der Waals surface area contributed by atoms with Crippen LogP contribution in [0.4, 0.5) is 0 Å². The van der Waals surface area contributed by atoms with Gasteiger partial charge in [-0.25, -0.2) is 4.79 Å². The minimum absolute atomic E-state index is 0.0331. The molecule has 0 aromatic heterocycles. The molecule has 0 heterocycles. The normalized spacial score (nSPS) is 27.7. The van der Waals surface area contributed by atoms with Gasteiger partial charge in [0.05, 0.1) is 0 Å². The van der Waals surface area contributed by atoms with Gasteiger partial charge in [-0.3, -0.25) is 4.79 Å². The lowest BCUT2D eigenvalue weighted by Gasteiger charge is -2.19. The molecule has 0 aromatic rings. The van der Waals surface area contributed by atoms with Crippen molar-refractivity contribution in [2.24, 2.45) is 11.8 Å². The molecular weight excluding hydrogens is 228 g/mol. The number of aliphatic carboxylic acids is 1. The third kappa shape index (κ3) is 2.05. The van der Waals surface area contributed by atoms with Crippen molar-refractivity contribution >= 4 is 11.8 Å². The highest BCUT2D eigenvalue weighted by molar-refractivity contribution is 6.08. The minimum atomic E-state index is -0.924. The number of carbonyl (C=O) groups is 2. The zero-order valence-corrected chi connectivity index (χ0v) is 10.8. The fourth-order valence-corrected chi connectivity index (χ4v) is 3.01. The molecule has 0 spiro atoms. The molecule has 0 amide bonds. The van der Waals surface area contributed by atoms with Crippen molar-refractivity contribution in [1.82, 2.24) is 0 Å². The van der Waals surface area contributed by atoms with Gasteiger partial charge < -0.3 is 5.11 Å². The SMILES string of the molecule is C=C(C(=O)O)[C@@H]1CCC(C)=C2C(=O)C=C(C)[C@@H]2C1. The van der Waals surface area contributed by atoms with Crippen LogP contribution in [-0.4, -0.2) is 16.9 Å². The molecule has 18 heavy (non-hydrogen) atoms. The van der Waals surface area contributed by atoms with Gasteiger partial charge in [0.1, 0.15) is 0 Å². The smallest absolute Gasteiger partial charge is 0.331 e. The number of carbonyl (C=O) groups excluding carboxylic acids is 1. The number of hydrogen-bond donors (Lipinski definition) is 1. The monoisotopic (exact) mass is 246 g/mol. The quantitative estimate of drug-likeness (QED) is 0.762. The summed E-state index contributed by atoms with van der Waals surface area (Å²) >= 11 is 0. The third-order valence-electron chi connectivity index (χ3n) is 4.14. The van der Waals surface area contributed by atoms with Crippen molar-refractivity contribution in [1.29, 1.82) is 0 Å². The summed E-state index contributed by atoms with van der Waals surface area (Å²) in [4.78, 5) is 23.0. The van der Waals surface area contributed by atoms with E-state index in [-0.39, 0.29) is 23.2 Å². The summed E-state index contributed by atoms with van der Waals surface area (Å²) < 4.78 is 0. The van der Waals surface area contributed by atoms with E-state index in [4.69, 9.17) is 5.11 Å². The molecule has 0 unspecified atom stereocenters. The van der Waals surface area contributed by atoms with Crippen LogP contribution in [0.25, 0.3) is 0 Å². The highest BCUT2D eigenvalue weighted by atomic mass is 16.4. The molecule has 2 atom stereocenters. The Morgan fingerprint density at radius 2 is 2.11 bits per heavy atom. The zero-order chi connectivity index (χ0) is 13.4. The standard InChI is InChI=1S/C15H18O3/c1-8-4-5-11(10(3)15(17)18)7-12-9(2)6-13(16)14(8)12/h6,11-12H,3-5,7H2,1-2H3,(H,17,18)/t11-,12+/m1/s1. The van der Waals surface area contributed by atoms with Crippen LogP contribution in [0.2, 0.25) is 0 Å². The summed E-state index contributed by atoms with van der Waals surface area (Å²) in [5.41, 5.74) is 3.34. The van der Waals surface area contributed by atoms with Crippen LogP contribution in [0.1, 0.15) is 33.1 Å². The van der Waals surface area contributed by atoms with E-state index < -0.39 is 5.97 Å². The Kier molecular flexibility index (Phi) is 3.24. The van der Waals surface area contributed by atoms with E-state index in [9.17, 15) is 9.59 Å². The first-order valence-corrected chi connectivity index (χ1v) is 6.26. The fourth-order valence-electron chi connectivity index (χ4n) is 3.01. The molecular formula is C15H18O3. The Morgan fingerprint density at radius 1 is 1.44 bits per heavy atom. The molecule has 3 nitrogen and oxygen atoms in total. The highest BCUT2D eigenvalue weighted by Crippen LogP contribution is 2.42. The van der Waals surface area contributed by atoms with Gasteiger partial charge >= 0.3 is 5.97 Å². The van der Waals surface area contributed by atoms with E-state index in [1.54, 1.807) is 6.08 Å². The first-order chi connectivity index (χ1) is 8.41. The number of fused-ring (bicyclic) bond motifs is 1. The summed E-state index contributed by atoms with van der Waals surface area (Å²) in [5, 5.41) is 9.06. The van der Waals surface area contributed by atoms with Gasteiger partial charge in [-0.1, -0.05) is 17.7 Å². The second-order valence-electron chi connectivity index (χ2n) is 5.30. The van der Waals surface area contributed by atoms with Crippen LogP contribution in [0, 0.1) is 11.8 Å². The Labute approximate surface area is 107 Å². The molecule has 0 saturated carbocycles. The number of carboxylic acids is 1. The van der Waals surface area contributed by atoms with Crippen LogP contribution in [0.15, 0.2) is 34.9 Å².